The number of hydrogen-bond donors (Lipinski definition) is 2. The van der Waals surface area contributed by atoms with Crippen LogP contribution >= 0.6 is 0 Å². The maximum atomic E-state index is 11.1. The zero-order valence-corrected chi connectivity index (χ0v) is 8.47. The van der Waals surface area contributed by atoms with Crippen LogP contribution in [0, 0.1) is 5.92 Å². The highest BCUT2D eigenvalue weighted by molar-refractivity contribution is 5.93. The van der Waals surface area contributed by atoms with E-state index in [4.69, 9.17) is 0 Å². The fourth-order valence-corrected chi connectivity index (χ4v) is 0.775. The lowest BCUT2D eigenvalue weighted by Crippen LogP contribution is -2.28. The Hall–Kier alpha value is -1.32. The molecule has 0 aromatic rings. The quantitative estimate of drug-likeness (QED) is 0.607. The summed E-state index contributed by atoms with van der Waals surface area (Å²) < 4.78 is 0. The number of amides is 1. The van der Waals surface area contributed by atoms with Gasteiger partial charge in [0.2, 0.25) is 0 Å². The lowest BCUT2D eigenvalue weighted by Gasteiger charge is -2.07. The predicted molar refractivity (Wildman–Crippen MR) is 51.1 cm³/mol. The molecule has 0 rings (SSSR count). The average Bonchev–Trinajstić information content (AvgIpc) is 2.12. The number of hydrogen-bond acceptors (Lipinski definition) is 3. The van der Waals surface area contributed by atoms with Gasteiger partial charge in [0.15, 0.2) is 0 Å². The van der Waals surface area contributed by atoms with Crippen LogP contribution in [0.25, 0.3) is 0 Å². The summed E-state index contributed by atoms with van der Waals surface area (Å²) in [4.78, 5) is 22.0. The van der Waals surface area contributed by atoms with Gasteiger partial charge in [0.1, 0.15) is 5.78 Å². The standard InChI is InChI=1S/C9H16N2O2/c1-6(7(2)12)5-8(10-3)9(13)11-4/h5-6,10H,1-4H3,(H,11,13)/b8-5-. The second-order valence-electron chi connectivity index (χ2n) is 2.81. The zero-order valence-electron chi connectivity index (χ0n) is 8.47. The predicted octanol–water partition coefficient (Wildman–Crippen LogP) is 0.0608. The molecule has 0 bridgehead atoms. The Labute approximate surface area is 78.4 Å². The van der Waals surface area contributed by atoms with Gasteiger partial charge in [-0.05, 0) is 13.0 Å². The van der Waals surface area contributed by atoms with E-state index in [1.807, 2.05) is 0 Å². The number of carbonyl (C=O) groups excluding carboxylic acids is 2. The van der Waals surface area contributed by atoms with Gasteiger partial charge in [-0.2, -0.15) is 0 Å². The van der Waals surface area contributed by atoms with Crippen LogP contribution < -0.4 is 10.6 Å². The zero-order chi connectivity index (χ0) is 10.4. The molecular weight excluding hydrogens is 168 g/mol. The summed E-state index contributed by atoms with van der Waals surface area (Å²) in [5, 5.41) is 5.21. The van der Waals surface area contributed by atoms with Crippen LogP contribution in [0.4, 0.5) is 0 Å². The van der Waals surface area contributed by atoms with Crippen molar-refractivity contribution in [1.82, 2.24) is 10.6 Å². The second-order valence-corrected chi connectivity index (χ2v) is 2.81. The Kier molecular flexibility index (Phi) is 4.80. The lowest BCUT2D eigenvalue weighted by molar-refractivity contribution is -0.118. The first-order chi connectivity index (χ1) is 6.02. The van der Waals surface area contributed by atoms with E-state index in [0.29, 0.717) is 5.70 Å². The number of nitrogens with one attached hydrogen (secondary N) is 2. The largest absolute Gasteiger partial charge is 0.384 e. The normalized spacial score (nSPS) is 13.4. The van der Waals surface area contributed by atoms with Crippen LogP contribution in [0.2, 0.25) is 0 Å². The third kappa shape index (κ3) is 3.73. The fourth-order valence-electron chi connectivity index (χ4n) is 0.775. The van der Waals surface area contributed by atoms with Gasteiger partial charge >= 0.3 is 0 Å². The first kappa shape index (κ1) is 11.7. The van der Waals surface area contributed by atoms with Crippen molar-refractivity contribution in [3.63, 3.8) is 0 Å². The van der Waals surface area contributed by atoms with E-state index in [1.54, 1.807) is 27.1 Å². The molecule has 0 radical (unpaired) electrons. The molecule has 0 aromatic heterocycles. The van der Waals surface area contributed by atoms with E-state index in [-0.39, 0.29) is 17.6 Å². The van der Waals surface area contributed by atoms with Crippen LogP contribution in [0.3, 0.4) is 0 Å². The average molecular weight is 184 g/mol. The van der Waals surface area contributed by atoms with Crippen molar-refractivity contribution in [2.24, 2.45) is 5.92 Å². The molecule has 4 heteroatoms. The first-order valence-corrected chi connectivity index (χ1v) is 4.15. The molecule has 1 atom stereocenters. The fraction of sp³-hybridized carbons (Fsp3) is 0.556. The molecule has 0 spiro atoms. The Morgan fingerprint density at radius 1 is 1.23 bits per heavy atom. The number of rotatable bonds is 4. The van der Waals surface area contributed by atoms with Gasteiger partial charge in [0.05, 0.1) is 5.70 Å². The molecule has 0 heterocycles. The van der Waals surface area contributed by atoms with Gasteiger partial charge in [-0.25, -0.2) is 0 Å². The SMILES string of the molecule is CNC(=O)/C(=C/C(C)C(C)=O)NC. The van der Waals surface area contributed by atoms with Crippen molar-refractivity contribution >= 4 is 11.7 Å². The topological polar surface area (TPSA) is 58.2 Å². The van der Waals surface area contributed by atoms with E-state index in [0.717, 1.165) is 0 Å². The maximum Gasteiger partial charge on any atom is 0.266 e. The van der Waals surface area contributed by atoms with Gasteiger partial charge in [0.25, 0.3) is 5.91 Å². The summed E-state index contributed by atoms with van der Waals surface area (Å²) in [7, 11) is 3.19. The number of ketones is 1. The number of Topliss-reactive ketones (excluding diaryl/α,β-unsaturated/α-hetero) is 1. The van der Waals surface area contributed by atoms with Crippen molar-refractivity contribution in [3.8, 4) is 0 Å². The molecule has 13 heavy (non-hydrogen) atoms. The molecule has 2 N–H and O–H groups in total. The molecule has 0 saturated heterocycles. The second kappa shape index (κ2) is 5.35. The molecule has 4 nitrogen and oxygen atoms in total. The Balaban J connectivity index is 4.56. The van der Waals surface area contributed by atoms with E-state index in [1.165, 1.54) is 6.92 Å². The molecule has 1 amide bonds. The summed E-state index contributed by atoms with van der Waals surface area (Å²) in [5.74, 6) is -0.410. The Morgan fingerprint density at radius 2 is 1.77 bits per heavy atom. The molecule has 74 valence electrons. The summed E-state index contributed by atoms with van der Waals surface area (Å²) in [5.41, 5.74) is 0.421. The monoisotopic (exact) mass is 184 g/mol. The van der Waals surface area contributed by atoms with E-state index in [2.05, 4.69) is 10.6 Å². The minimum atomic E-state index is -0.236. The summed E-state index contributed by atoms with van der Waals surface area (Å²) in [6, 6.07) is 0. The summed E-state index contributed by atoms with van der Waals surface area (Å²) in [6.07, 6.45) is 1.61. The lowest BCUT2D eigenvalue weighted by atomic mass is 10.1. The molecule has 0 fully saturated rings. The van der Waals surface area contributed by atoms with E-state index in [9.17, 15) is 9.59 Å². The highest BCUT2D eigenvalue weighted by Gasteiger charge is 2.09. The van der Waals surface area contributed by atoms with Crippen molar-refractivity contribution in [2.45, 2.75) is 13.8 Å². The van der Waals surface area contributed by atoms with Crippen molar-refractivity contribution in [2.75, 3.05) is 14.1 Å². The highest BCUT2D eigenvalue weighted by atomic mass is 16.2. The first-order valence-electron chi connectivity index (χ1n) is 4.15. The van der Waals surface area contributed by atoms with E-state index >= 15 is 0 Å². The molecule has 0 aliphatic carbocycles. The third-order valence-electron chi connectivity index (χ3n) is 1.80. The number of carbonyl (C=O) groups is 2. The van der Waals surface area contributed by atoms with Gasteiger partial charge in [-0.15, -0.1) is 0 Å². The Morgan fingerprint density at radius 3 is 2.08 bits per heavy atom. The minimum absolute atomic E-state index is 0.0386. The third-order valence-corrected chi connectivity index (χ3v) is 1.80. The minimum Gasteiger partial charge on any atom is -0.384 e. The highest BCUT2D eigenvalue weighted by Crippen LogP contribution is 2.02. The van der Waals surface area contributed by atoms with Crippen LogP contribution in [0.15, 0.2) is 11.8 Å². The Bertz CT molecular complexity index is 234. The number of likely N-dealkylation sites (N-methyl/N-ethyl adjacent to an activating group) is 2. The van der Waals surface area contributed by atoms with Gasteiger partial charge in [-0.3, -0.25) is 9.59 Å². The molecule has 1 unspecified atom stereocenters. The van der Waals surface area contributed by atoms with Gasteiger partial charge in [0, 0.05) is 20.0 Å². The van der Waals surface area contributed by atoms with Crippen molar-refractivity contribution < 1.29 is 9.59 Å². The summed E-state index contributed by atoms with van der Waals surface area (Å²) in [6.45, 7) is 3.25. The smallest absolute Gasteiger partial charge is 0.266 e. The van der Waals surface area contributed by atoms with Crippen LogP contribution in [-0.2, 0) is 9.59 Å². The van der Waals surface area contributed by atoms with E-state index < -0.39 is 0 Å². The molecular formula is C9H16N2O2. The molecule has 0 aromatic carbocycles. The van der Waals surface area contributed by atoms with Crippen LogP contribution in [0.1, 0.15) is 13.8 Å². The maximum absolute atomic E-state index is 11.1. The van der Waals surface area contributed by atoms with Crippen LogP contribution in [-0.4, -0.2) is 25.8 Å². The summed E-state index contributed by atoms with van der Waals surface area (Å²) >= 11 is 0. The van der Waals surface area contributed by atoms with Crippen LogP contribution in [0.5, 0.6) is 0 Å². The molecule has 0 aliphatic rings. The number of allylic oxidation sites excluding steroid dienone is 1. The van der Waals surface area contributed by atoms with Gasteiger partial charge < -0.3 is 10.6 Å². The van der Waals surface area contributed by atoms with Crippen molar-refractivity contribution in [1.29, 1.82) is 0 Å². The van der Waals surface area contributed by atoms with Gasteiger partial charge in [-0.1, -0.05) is 6.92 Å². The molecule has 0 saturated carbocycles. The molecule has 0 aliphatic heterocycles. The van der Waals surface area contributed by atoms with Crippen molar-refractivity contribution in [3.05, 3.63) is 11.8 Å².